The van der Waals surface area contributed by atoms with Crippen LogP contribution in [0, 0.1) is 0 Å². The van der Waals surface area contributed by atoms with Crippen molar-refractivity contribution >= 4 is 5.91 Å². The summed E-state index contributed by atoms with van der Waals surface area (Å²) in [7, 11) is 0. The predicted octanol–water partition coefficient (Wildman–Crippen LogP) is 3.90. The molecule has 1 aromatic carbocycles. The normalized spacial score (nSPS) is 12.4. The molecule has 3 N–H and O–H groups in total. The van der Waals surface area contributed by atoms with Crippen LogP contribution in [0.4, 0.5) is 0 Å². The van der Waals surface area contributed by atoms with Gasteiger partial charge < -0.3 is 11.1 Å². The number of carbonyl (C=O) groups excluding carboxylic acids is 1. The van der Waals surface area contributed by atoms with Gasteiger partial charge in [-0.25, -0.2) is 0 Å². The summed E-state index contributed by atoms with van der Waals surface area (Å²) in [6, 6.07) is 8.59. The number of amides is 1. The van der Waals surface area contributed by atoms with Crippen LogP contribution in [0.2, 0.25) is 0 Å². The maximum Gasteiger partial charge on any atom is 0.220 e. The molecule has 3 nitrogen and oxygen atoms in total. The fraction of sp³-hybridized carbons (Fsp3) is 0.611. The molecule has 0 spiro atoms. The Balaban J connectivity index is 2.34. The standard InChI is InChI=1S/C18H30N2O/c1-14(2)16-9-11-17(12-10-16)15(3)20-18(21)8-6-4-5-7-13-19/h9-12,14-15H,4-8,13,19H2,1-3H3,(H,20,21). The molecule has 3 heteroatoms. The van der Waals surface area contributed by atoms with Crippen LogP contribution in [0.25, 0.3) is 0 Å². The first kappa shape index (κ1) is 17.7. The quantitative estimate of drug-likeness (QED) is 0.678. The number of carbonyl (C=O) groups is 1. The highest BCUT2D eigenvalue weighted by Gasteiger charge is 2.09. The lowest BCUT2D eigenvalue weighted by Gasteiger charge is -2.15. The minimum Gasteiger partial charge on any atom is -0.350 e. The Morgan fingerprint density at radius 1 is 1.00 bits per heavy atom. The summed E-state index contributed by atoms with van der Waals surface area (Å²) in [4.78, 5) is 11.9. The van der Waals surface area contributed by atoms with Crippen LogP contribution in [0.15, 0.2) is 24.3 Å². The van der Waals surface area contributed by atoms with Crippen molar-refractivity contribution < 1.29 is 4.79 Å². The third-order valence-electron chi connectivity index (χ3n) is 3.84. The van der Waals surface area contributed by atoms with Gasteiger partial charge in [0, 0.05) is 6.42 Å². The lowest BCUT2D eigenvalue weighted by molar-refractivity contribution is -0.121. The Kier molecular flexibility index (Phi) is 8.06. The number of rotatable bonds is 9. The topological polar surface area (TPSA) is 55.1 Å². The molecule has 1 amide bonds. The molecule has 0 aliphatic rings. The molecular weight excluding hydrogens is 260 g/mol. The molecule has 118 valence electrons. The Bertz CT molecular complexity index is 412. The molecule has 0 saturated heterocycles. The van der Waals surface area contributed by atoms with Crippen LogP contribution >= 0.6 is 0 Å². The molecule has 0 aliphatic heterocycles. The van der Waals surface area contributed by atoms with Gasteiger partial charge in [0.25, 0.3) is 0 Å². The van der Waals surface area contributed by atoms with E-state index in [9.17, 15) is 4.79 Å². The molecule has 1 rings (SSSR count). The maximum absolute atomic E-state index is 11.9. The molecule has 0 bridgehead atoms. The number of nitrogens with two attached hydrogens (primary N) is 1. The summed E-state index contributed by atoms with van der Waals surface area (Å²) in [5.74, 6) is 0.681. The third-order valence-corrected chi connectivity index (χ3v) is 3.84. The minimum atomic E-state index is 0.0720. The average Bonchev–Trinajstić information content (AvgIpc) is 2.47. The molecule has 1 atom stereocenters. The number of hydrogen-bond donors (Lipinski definition) is 2. The van der Waals surface area contributed by atoms with Crippen molar-refractivity contribution in [2.75, 3.05) is 6.54 Å². The van der Waals surface area contributed by atoms with Gasteiger partial charge >= 0.3 is 0 Å². The summed E-state index contributed by atoms with van der Waals surface area (Å²) >= 11 is 0. The SMILES string of the molecule is CC(C)c1ccc(C(C)NC(=O)CCCCCCN)cc1. The highest BCUT2D eigenvalue weighted by atomic mass is 16.1. The van der Waals surface area contributed by atoms with Crippen LogP contribution in [0.1, 0.15) is 76.0 Å². The van der Waals surface area contributed by atoms with E-state index in [2.05, 4.69) is 43.4 Å². The monoisotopic (exact) mass is 290 g/mol. The van der Waals surface area contributed by atoms with Crippen LogP contribution in [-0.2, 0) is 4.79 Å². The summed E-state index contributed by atoms with van der Waals surface area (Å²) in [5.41, 5.74) is 7.94. The van der Waals surface area contributed by atoms with Gasteiger partial charge in [0.1, 0.15) is 0 Å². The number of unbranched alkanes of at least 4 members (excludes halogenated alkanes) is 3. The summed E-state index contributed by atoms with van der Waals surface area (Å²) < 4.78 is 0. The van der Waals surface area contributed by atoms with Crippen LogP contribution < -0.4 is 11.1 Å². The van der Waals surface area contributed by atoms with Crippen molar-refractivity contribution in [2.45, 2.75) is 64.8 Å². The van der Waals surface area contributed by atoms with Gasteiger partial charge in [0.15, 0.2) is 0 Å². The lowest BCUT2D eigenvalue weighted by atomic mass is 9.99. The van der Waals surface area contributed by atoms with Crippen molar-refractivity contribution in [1.82, 2.24) is 5.32 Å². The van der Waals surface area contributed by atoms with Crippen LogP contribution in [0.3, 0.4) is 0 Å². The molecule has 21 heavy (non-hydrogen) atoms. The first-order valence-corrected chi connectivity index (χ1v) is 8.14. The predicted molar refractivity (Wildman–Crippen MR) is 89.2 cm³/mol. The second-order valence-corrected chi connectivity index (χ2v) is 6.06. The van der Waals surface area contributed by atoms with Gasteiger partial charge in [-0.15, -0.1) is 0 Å². The van der Waals surface area contributed by atoms with E-state index in [1.54, 1.807) is 0 Å². The number of benzene rings is 1. The van der Waals surface area contributed by atoms with Crippen molar-refractivity contribution in [2.24, 2.45) is 5.73 Å². The molecule has 0 heterocycles. The van der Waals surface area contributed by atoms with E-state index in [4.69, 9.17) is 5.73 Å². The van der Waals surface area contributed by atoms with Gasteiger partial charge in [0.2, 0.25) is 5.91 Å². The van der Waals surface area contributed by atoms with Crippen molar-refractivity contribution in [3.63, 3.8) is 0 Å². The highest BCUT2D eigenvalue weighted by molar-refractivity contribution is 5.76. The minimum absolute atomic E-state index is 0.0720. The fourth-order valence-electron chi connectivity index (χ4n) is 2.35. The lowest BCUT2D eigenvalue weighted by Crippen LogP contribution is -2.26. The maximum atomic E-state index is 11.9. The van der Waals surface area contributed by atoms with E-state index in [0.29, 0.717) is 12.3 Å². The molecule has 1 unspecified atom stereocenters. The second-order valence-electron chi connectivity index (χ2n) is 6.06. The summed E-state index contributed by atoms with van der Waals surface area (Å²) in [5, 5.41) is 3.07. The van der Waals surface area contributed by atoms with E-state index < -0.39 is 0 Å². The zero-order chi connectivity index (χ0) is 15.7. The van der Waals surface area contributed by atoms with E-state index >= 15 is 0 Å². The van der Waals surface area contributed by atoms with E-state index in [1.165, 1.54) is 5.56 Å². The molecule has 0 aliphatic carbocycles. The van der Waals surface area contributed by atoms with E-state index in [-0.39, 0.29) is 11.9 Å². The molecule has 0 aromatic heterocycles. The third kappa shape index (κ3) is 6.76. The van der Waals surface area contributed by atoms with Gasteiger partial charge in [-0.05, 0) is 43.4 Å². The van der Waals surface area contributed by atoms with Crippen LogP contribution in [0.5, 0.6) is 0 Å². The zero-order valence-electron chi connectivity index (χ0n) is 13.7. The van der Waals surface area contributed by atoms with Gasteiger partial charge in [-0.2, -0.15) is 0 Å². The van der Waals surface area contributed by atoms with Gasteiger partial charge in [0.05, 0.1) is 6.04 Å². The zero-order valence-corrected chi connectivity index (χ0v) is 13.7. The van der Waals surface area contributed by atoms with Crippen LogP contribution in [-0.4, -0.2) is 12.5 Å². The second kappa shape index (κ2) is 9.56. The Morgan fingerprint density at radius 3 is 2.14 bits per heavy atom. The largest absolute Gasteiger partial charge is 0.350 e. The highest BCUT2D eigenvalue weighted by Crippen LogP contribution is 2.18. The summed E-state index contributed by atoms with van der Waals surface area (Å²) in [6.07, 6.45) is 4.82. The first-order valence-electron chi connectivity index (χ1n) is 8.14. The van der Waals surface area contributed by atoms with Gasteiger partial charge in [-0.1, -0.05) is 51.0 Å². The Morgan fingerprint density at radius 2 is 1.57 bits per heavy atom. The molecule has 0 fully saturated rings. The smallest absolute Gasteiger partial charge is 0.220 e. The van der Waals surface area contributed by atoms with Gasteiger partial charge in [-0.3, -0.25) is 4.79 Å². The number of hydrogen-bond acceptors (Lipinski definition) is 2. The number of nitrogens with one attached hydrogen (secondary N) is 1. The molecule has 0 radical (unpaired) electrons. The van der Waals surface area contributed by atoms with Crippen molar-refractivity contribution in [3.8, 4) is 0 Å². The van der Waals surface area contributed by atoms with Crippen molar-refractivity contribution in [3.05, 3.63) is 35.4 Å². The Hall–Kier alpha value is -1.35. The molecule has 1 aromatic rings. The molecular formula is C18H30N2O. The van der Waals surface area contributed by atoms with E-state index in [1.807, 2.05) is 6.92 Å². The fourth-order valence-corrected chi connectivity index (χ4v) is 2.35. The van der Waals surface area contributed by atoms with E-state index in [0.717, 1.165) is 37.8 Å². The van der Waals surface area contributed by atoms with Crippen molar-refractivity contribution in [1.29, 1.82) is 0 Å². The Labute approximate surface area is 129 Å². The first-order chi connectivity index (χ1) is 10.0. The molecule has 0 saturated carbocycles. The average molecular weight is 290 g/mol. The summed E-state index contributed by atoms with van der Waals surface area (Å²) in [6.45, 7) is 7.15.